The van der Waals surface area contributed by atoms with Crippen LogP contribution in [0.5, 0.6) is 0 Å². The lowest BCUT2D eigenvalue weighted by atomic mass is 10.3. The lowest BCUT2D eigenvalue weighted by molar-refractivity contribution is 0.0651. The molecule has 2 aromatic rings. The molecule has 18 heavy (non-hydrogen) atoms. The van der Waals surface area contributed by atoms with Gasteiger partial charge in [-0.25, -0.2) is 9.18 Å². The van der Waals surface area contributed by atoms with E-state index in [0.717, 1.165) is 18.3 Å². The molecule has 0 spiro atoms. The highest BCUT2D eigenvalue weighted by Crippen LogP contribution is 2.10. The van der Waals surface area contributed by atoms with Crippen molar-refractivity contribution in [3.8, 4) is 0 Å². The van der Waals surface area contributed by atoms with E-state index in [1.54, 1.807) is 0 Å². The molecule has 0 radical (unpaired) electrons. The summed E-state index contributed by atoms with van der Waals surface area (Å²) in [5, 5.41) is 14.1. The van der Waals surface area contributed by atoms with E-state index in [0.29, 0.717) is 0 Å². The molecular formula is C10H6FN3O4. The number of nitrogens with one attached hydrogen (secondary N) is 1. The van der Waals surface area contributed by atoms with E-state index in [-0.39, 0.29) is 11.4 Å². The molecule has 2 rings (SSSR count). The van der Waals surface area contributed by atoms with Gasteiger partial charge in [0.1, 0.15) is 5.82 Å². The highest BCUT2D eigenvalue weighted by molar-refractivity contribution is 6.03. The van der Waals surface area contributed by atoms with Crippen LogP contribution < -0.4 is 5.32 Å². The Labute approximate surface area is 99.2 Å². The molecule has 0 saturated carbocycles. The molecule has 1 amide bonds. The van der Waals surface area contributed by atoms with E-state index in [1.807, 2.05) is 0 Å². The quantitative estimate of drug-likeness (QED) is 0.847. The molecule has 0 saturated heterocycles. The number of halogens is 1. The van der Waals surface area contributed by atoms with Crippen molar-refractivity contribution in [1.29, 1.82) is 0 Å². The second-order valence-electron chi connectivity index (χ2n) is 3.23. The molecule has 0 atom stereocenters. The maximum Gasteiger partial charge on any atom is 0.374 e. The minimum atomic E-state index is -1.34. The number of hydrogen-bond acceptors (Lipinski definition) is 5. The van der Waals surface area contributed by atoms with Crippen molar-refractivity contribution in [2.24, 2.45) is 0 Å². The number of anilines is 1. The van der Waals surface area contributed by atoms with Crippen molar-refractivity contribution in [1.82, 2.24) is 10.1 Å². The van der Waals surface area contributed by atoms with Gasteiger partial charge in [-0.2, -0.15) is 0 Å². The summed E-state index contributed by atoms with van der Waals surface area (Å²) in [6.45, 7) is 0. The van der Waals surface area contributed by atoms with E-state index < -0.39 is 23.5 Å². The summed E-state index contributed by atoms with van der Waals surface area (Å²) in [5.41, 5.74) is -0.100. The van der Waals surface area contributed by atoms with Gasteiger partial charge in [-0.15, -0.1) is 0 Å². The van der Waals surface area contributed by atoms with Crippen LogP contribution in [-0.4, -0.2) is 27.1 Å². The number of hydrogen-bond donors (Lipinski definition) is 2. The maximum atomic E-state index is 12.8. The molecule has 0 aliphatic rings. The van der Waals surface area contributed by atoms with Crippen molar-refractivity contribution in [2.75, 3.05) is 5.32 Å². The average Bonchev–Trinajstić information content (AvgIpc) is 2.78. The first-order valence-corrected chi connectivity index (χ1v) is 4.68. The fraction of sp³-hybridized carbons (Fsp3) is 0. The number of aromatic nitrogens is 2. The standard InChI is InChI=1S/C10H6FN3O4/c11-5-1-6(4-12-3-5)13-9(15)7-2-8(10(16)17)18-14-7/h1-4H,(H,13,15)(H,16,17). The van der Waals surface area contributed by atoms with Crippen LogP contribution in [0, 0.1) is 5.82 Å². The predicted octanol–water partition coefficient (Wildman–Crippen LogP) is 1.16. The second kappa shape index (κ2) is 4.62. The molecule has 2 N–H and O–H groups in total. The Morgan fingerprint density at radius 2 is 2.11 bits per heavy atom. The molecule has 0 unspecified atom stereocenters. The van der Waals surface area contributed by atoms with Crippen molar-refractivity contribution < 1.29 is 23.6 Å². The van der Waals surface area contributed by atoms with E-state index >= 15 is 0 Å². The summed E-state index contributed by atoms with van der Waals surface area (Å²) < 4.78 is 17.2. The molecule has 0 bridgehead atoms. The first-order chi connectivity index (χ1) is 8.56. The van der Waals surface area contributed by atoms with Crippen LogP contribution in [0.2, 0.25) is 0 Å². The topological polar surface area (TPSA) is 105 Å². The zero-order valence-corrected chi connectivity index (χ0v) is 8.75. The first kappa shape index (κ1) is 11.7. The van der Waals surface area contributed by atoms with Gasteiger partial charge in [0.15, 0.2) is 5.69 Å². The number of rotatable bonds is 3. The number of carbonyl (C=O) groups is 2. The summed E-state index contributed by atoms with van der Waals surface area (Å²) in [4.78, 5) is 25.6. The van der Waals surface area contributed by atoms with Crippen LogP contribution in [-0.2, 0) is 0 Å². The fourth-order valence-electron chi connectivity index (χ4n) is 1.16. The first-order valence-electron chi connectivity index (χ1n) is 4.68. The van der Waals surface area contributed by atoms with Gasteiger partial charge < -0.3 is 14.9 Å². The number of aromatic carboxylic acids is 1. The molecular weight excluding hydrogens is 245 g/mol. The summed E-state index contributed by atoms with van der Waals surface area (Å²) in [6.07, 6.45) is 2.22. The van der Waals surface area contributed by atoms with Crippen LogP contribution in [0.4, 0.5) is 10.1 Å². The number of nitrogens with zero attached hydrogens (tertiary/aromatic N) is 2. The molecule has 7 nitrogen and oxygen atoms in total. The monoisotopic (exact) mass is 251 g/mol. The second-order valence-corrected chi connectivity index (χ2v) is 3.23. The molecule has 0 aliphatic heterocycles. The van der Waals surface area contributed by atoms with Crippen LogP contribution in [0.3, 0.4) is 0 Å². The van der Waals surface area contributed by atoms with E-state index in [1.165, 1.54) is 6.20 Å². The minimum absolute atomic E-state index is 0.125. The summed E-state index contributed by atoms with van der Waals surface area (Å²) in [5.74, 6) is -3.13. The number of amides is 1. The van der Waals surface area contributed by atoms with E-state index in [9.17, 15) is 14.0 Å². The Morgan fingerprint density at radius 1 is 1.33 bits per heavy atom. The fourth-order valence-corrected chi connectivity index (χ4v) is 1.16. The van der Waals surface area contributed by atoms with Crippen LogP contribution in [0.15, 0.2) is 29.0 Å². The summed E-state index contributed by atoms with van der Waals surface area (Å²) >= 11 is 0. The Morgan fingerprint density at radius 3 is 2.72 bits per heavy atom. The molecule has 2 heterocycles. The predicted molar refractivity (Wildman–Crippen MR) is 55.6 cm³/mol. The Balaban J connectivity index is 2.14. The van der Waals surface area contributed by atoms with Crippen molar-refractivity contribution in [3.05, 3.63) is 41.8 Å². The van der Waals surface area contributed by atoms with Gasteiger partial charge >= 0.3 is 5.97 Å². The average molecular weight is 251 g/mol. The van der Waals surface area contributed by atoms with Gasteiger partial charge in [0, 0.05) is 12.1 Å². The molecule has 0 aromatic carbocycles. The van der Waals surface area contributed by atoms with Gasteiger partial charge in [-0.3, -0.25) is 9.78 Å². The lowest BCUT2D eigenvalue weighted by Crippen LogP contribution is -2.12. The summed E-state index contributed by atoms with van der Waals surface area (Å²) in [7, 11) is 0. The van der Waals surface area contributed by atoms with Crippen molar-refractivity contribution >= 4 is 17.6 Å². The molecule has 92 valence electrons. The smallest absolute Gasteiger partial charge is 0.374 e. The van der Waals surface area contributed by atoms with Crippen LogP contribution in [0.25, 0.3) is 0 Å². The number of pyridine rings is 1. The zero-order valence-electron chi connectivity index (χ0n) is 8.75. The summed E-state index contributed by atoms with van der Waals surface area (Å²) in [6, 6.07) is 2.02. The number of carboxylic acid groups (broad SMARTS) is 1. The van der Waals surface area contributed by atoms with E-state index in [4.69, 9.17) is 5.11 Å². The largest absolute Gasteiger partial charge is 0.475 e. The molecule has 2 aromatic heterocycles. The third-order valence-corrected chi connectivity index (χ3v) is 1.92. The highest BCUT2D eigenvalue weighted by Gasteiger charge is 2.16. The van der Waals surface area contributed by atoms with Gasteiger partial charge in [0.05, 0.1) is 18.1 Å². The number of carbonyl (C=O) groups excluding carboxylic acids is 1. The van der Waals surface area contributed by atoms with Gasteiger partial charge in [-0.1, -0.05) is 5.16 Å². The van der Waals surface area contributed by atoms with Crippen molar-refractivity contribution in [2.45, 2.75) is 0 Å². The minimum Gasteiger partial charge on any atom is -0.475 e. The van der Waals surface area contributed by atoms with Crippen LogP contribution >= 0.6 is 0 Å². The Hall–Kier alpha value is -2.77. The molecule has 8 heteroatoms. The van der Waals surface area contributed by atoms with Gasteiger partial charge in [0.2, 0.25) is 5.76 Å². The SMILES string of the molecule is O=C(Nc1cncc(F)c1)c1cc(C(=O)O)on1. The Bertz CT molecular complexity index is 611. The Kier molecular flexibility index (Phi) is 3.00. The third kappa shape index (κ3) is 2.48. The number of carboxylic acids is 1. The molecule has 0 fully saturated rings. The third-order valence-electron chi connectivity index (χ3n) is 1.92. The van der Waals surface area contributed by atoms with Crippen LogP contribution in [0.1, 0.15) is 21.0 Å². The van der Waals surface area contributed by atoms with Gasteiger partial charge in [-0.05, 0) is 0 Å². The highest BCUT2D eigenvalue weighted by atomic mass is 19.1. The van der Waals surface area contributed by atoms with E-state index in [2.05, 4.69) is 20.0 Å². The van der Waals surface area contributed by atoms with Crippen molar-refractivity contribution in [3.63, 3.8) is 0 Å². The zero-order chi connectivity index (χ0) is 13.1. The maximum absolute atomic E-state index is 12.8. The lowest BCUT2D eigenvalue weighted by Gasteiger charge is -2.01. The molecule has 0 aliphatic carbocycles. The van der Waals surface area contributed by atoms with Gasteiger partial charge in [0.25, 0.3) is 5.91 Å². The normalized spacial score (nSPS) is 10.1.